The molecule has 1 N–H and O–H groups in total. The number of hydrogen-bond acceptors (Lipinski definition) is 3. The van der Waals surface area contributed by atoms with Gasteiger partial charge in [-0.1, -0.05) is 30.3 Å². The highest BCUT2D eigenvalue weighted by atomic mass is 19.1. The van der Waals surface area contributed by atoms with Crippen LogP contribution in [0.1, 0.15) is 24.4 Å². The van der Waals surface area contributed by atoms with Gasteiger partial charge in [0, 0.05) is 12.6 Å². The highest BCUT2D eigenvalue weighted by molar-refractivity contribution is 5.49. The molecule has 21 heavy (non-hydrogen) atoms. The maximum Gasteiger partial charge on any atom is 0.210 e. The summed E-state index contributed by atoms with van der Waals surface area (Å²) in [7, 11) is 0. The Kier molecular flexibility index (Phi) is 4.22. The molecule has 0 aromatic heterocycles. The topological polar surface area (TPSA) is 41.6 Å². The molecule has 2 unspecified atom stereocenters. The van der Waals surface area contributed by atoms with Gasteiger partial charge in [-0.3, -0.25) is 4.79 Å². The first-order valence-electron chi connectivity index (χ1n) is 7.44. The molecule has 2 aliphatic heterocycles. The number of alkyl halides is 1. The van der Waals surface area contributed by atoms with Gasteiger partial charge in [0.2, 0.25) is 6.41 Å². The lowest BCUT2D eigenvalue weighted by Crippen LogP contribution is -2.65. The predicted octanol–water partition coefficient (Wildman–Crippen LogP) is 1.68. The van der Waals surface area contributed by atoms with Gasteiger partial charge in [-0.15, -0.1) is 0 Å². The summed E-state index contributed by atoms with van der Waals surface area (Å²) >= 11 is 0. The van der Waals surface area contributed by atoms with E-state index in [-0.39, 0.29) is 12.1 Å². The summed E-state index contributed by atoms with van der Waals surface area (Å²) < 4.78 is 18.4. The van der Waals surface area contributed by atoms with Crippen molar-refractivity contribution in [3.8, 4) is 0 Å². The van der Waals surface area contributed by atoms with E-state index in [9.17, 15) is 9.18 Å². The fraction of sp³-hybridized carbons (Fsp3) is 0.562. The summed E-state index contributed by atoms with van der Waals surface area (Å²) in [4.78, 5) is 13.1. The number of ether oxygens (including phenoxy) is 1. The first kappa shape index (κ1) is 14.5. The first-order chi connectivity index (χ1) is 10.3. The summed E-state index contributed by atoms with van der Waals surface area (Å²) in [6, 6.07) is 10.3. The maximum absolute atomic E-state index is 13.2. The average molecular weight is 292 g/mol. The Morgan fingerprint density at radius 3 is 2.71 bits per heavy atom. The van der Waals surface area contributed by atoms with E-state index in [0.29, 0.717) is 19.8 Å². The van der Waals surface area contributed by atoms with Crippen LogP contribution < -0.4 is 5.32 Å². The van der Waals surface area contributed by atoms with E-state index in [1.807, 2.05) is 35.2 Å². The molecule has 3 rings (SSSR count). The summed E-state index contributed by atoms with van der Waals surface area (Å²) in [6.07, 6.45) is 2.58. The molecule has 2 aliphatic rings. The predicted molar refractivity (Wildman–Crippen MR) is 77.6 cm³/mol. The minimum absolute atomic E-state index is 0.0626. The average Bonchev–Trinajstić information content (AvgIpc) is 2.51. The molecule has 5 heteroatoms. The number of rotatable bonds is 5. The van der Waals surface area contributed by atoms with E-state index in [1.165, 1.54) is 0 Å². The Balaban J connectivity index is 1.71. The van der Waals surface area contributed by atoms with E-state index >= 15 is 0 Å². The Hall–Kier alpha value is -1.46. The largest absolute Gasteiger partial charge is 0.377 e. The van der Waals surface area contributed by atoms with Crippen molar-refractivity contribution in [1.29, 1.82) is 0 Å². The lowest BCUT2D eigenvalue weighted by atomic mass is 9.89. The Bertz CT molecular complexity index is 473. The summed E-state index contributed by atoms with van der Waals surface area (Å²) in [5.41, 5.74) is 0.630. The van der Waals surface area contributed by atoms with Gasteiger partial charge < -0.3 is 15.0 Å². The van der Waals surface area contributed by atoms with Crippen LogP contribution in [-0.2, 0) is 9.53 Å². The van der Waals surface area contributed by atoms with Gasteiger partial charge >= 0.3 is 0 Å². The second-order valence-corrected chi connectivity index (χ2v) is 6.04. The first-order valence-corrected chi connectivity index (χ1v) is 7.44. The van der Waals surface area contributed by atoms with Crippen molar-refractivity contribution in [1.82, 2.24) is 10.2 Å². The zero-order valence-electron chi connectivity index (χ0n) is 12.0. The number of amides is 1. The van der Waals surface area contributed by atoms with Crippen LogP contribution in [0.15, 0.2) is 30.3 Å². The molecule has 0 saturated carbocycles. The molecule has 1 amide bonds. The Labute approximate surface area is 124 Å². The third kappa shape index (κ3) is 2.94. The van der Waals surface area contributed by atoms with Crippen LogP contribution >= 0.6 is 0 Å². The van der Waals surface area contributed by atoms with Crippen molar-refractivity contribution in [3.05, 3.63) is 35.9 Å². The van der Waals surface area contributed by atoms with E-state index in [0.717, 1.165) is 24.8 Å². The molecule has 1 aromatic carbocycles. The number of nitrogens with one attached hydrogen (secondary N) is 1. The van der Waals surface area contributed by atoms with Gasteiger partial charge in [0.05, 0.1) is 24.8 Å². The zero-order valence-corrected chi connectivity index (χ0v) is 12.0. The number of piperidine rings is 1. The highest BCUT2D eigenvalue weighted by Crippen LogP contribution is 2.31. The molecule has 2 saturated heterocycles. The number of nitrogens with zero attached hydrogens (tertiary/aromatic N) is 1. The van der Waals surface area contributed by atoms with E-state index in [2.05, 4.69) is 5.32 Å². The van der Waals surface area contributed by atoms with Crippen LogP contribution in [-0.4, -0.2) is 49.3 Å². The Morgan fingerprint density at radius 2 is 2.14 bits per heavy atom. The van der Waals surface area contributed by atoms with Crippen LogP contribution in [0.25, 0.3) is 0 Å². The van der Waals surface area contributed by atoms with Crippen LogP contribution in [0.4, 0.5) is 4.39 Å². The van der Waals surface area contributed by atoms with Gasteiger partial charge in [0.1, 0.15) is 6.67 Å². The molecule has 2 fully saturated rings. The van der Waals surface area contributed by atoms with Gasteiger partial charge in [0.15, 0.2) is 0 Å². The monoisotopic (exact) mass is 292 g/mol. The number of halogens is 1. The lowest BCUT2D eigenvalue weighted by Gasteiger charge is -2.46. The molecule has 1 aromatic rings. The molecular weight excluding hydrogens is 271 g/mol. The highest BCUT2D eigenvalue weighted by Gasteiger charge is 2.42. The minimum Gasteiger partial charge on any atom is -0.377 e. The van der Waals surface area contributed by atoms with Crippen LogP contribution in [0, 0.1) is 0 Å². The van der Waals surface area contributed by atoms with Crippen molar-refractivity contribution in [2.75, 3.05) is 26.4 Å². The normalized spacial score (nSPS) is 28.0. The van der Waals surface area contributed by atoms with Crippen molar-refractivity contribution in [3.63, 3.8) is 0 Å². The lowest BCUT2D eigenvalue weighted by molar-refractivity contribution is -0.123. The minimum atomic E-state index is -0.505. The fourth-order valence-corrected chi connectivity index (χ4v) is 3.22. The van der Waals surface area contributed by atoms with Gasteiger partial charge in [-0.05, 0) is 18.4 Å². The van der Waals surface area contributed by atoms with Gasteiger partial charge in [-0.25, -0.2) is 4.39 Å². The summed E-state index contributed by atoms with van der Waals surface area (Å²) in [5.74, 6) is 0. The van der Waals surface area contributed by atoms with Crippen molar-refractivity contribution in [2.45, 2.75) is 30.5 Å². The molecule has 0 bridgehead atoms. The van der Waals surface area contributed by atoms with Gasteiger partial charge in [-0.2, -0.15) is 0 Å². The van der Waals surface area contributed by atoms with E-state index in [4.69, 9.17) is 4.74 Å². The molecule has 0 radical (unpaired) electrons. The third-order valence-electron chi connectivity index (χ3n) is 4.49. The molecule has 114 valence electrons. The third-order valence-corrected chi connectivity index (χ3v) is 4.49. The quantitative estimate of drug-likeness (QED) is 0.840. The fourth-order valence-electron chi connectivity index (χ4n) is 3.22. The smallest absolute Gasteiger partial charge is 0.210 e. The number of benzene rings is 1. The maximum atomic E-state index is 13.2. The van der Waals surface area contributed by atoms with E-state index in [1.54, 1.807) is 0 Å². The Morgan fingerprint density at radius 1 is 1.38 bits per heavy atom. The number of carbonyl (C=O) groups excluding carboxylic acids is 1. The second kappa shape index (κ2) is 6.12. The molecule has 4 nitrogen and oxygen atoms in total. The summed E-state index contributed by atoms with van der Waals surface area (Å²) in [6.45, 7) is 1.17. The SMILES string of the molecule is O=CN1CCC(NC2(CF)COC2)CC1c1ccccc1. The van der Waals surface area contributed by atoms with Crippen molar-refractivity contribution >= 4 is 6.41 Å². The van der Waals surface area contributed by atoms with Crippen molar-refractivity contribution < 1.29 is 13.9 Å². The zero-order chi connectivity index (χ0) is 14.7. The van der Waals surface area contributed by atoms with Crippen LogP contribution in [0.2, 0.25) is 0 Å². The molecule has 2 heterocycles. The molecule has 2 atom stereocenters. The standard InChI is InChI=1S/C16H21FN2O2/c17-9-16(10-21-11-16)18-14-6-7-19(12-20)15(8-14)13-4-2-1-3-5-13/h1-5,12,14-15,18H,6-11H2. The number of hydrogen-bond donors (Lipinski definition) is 1. The molecule has 0 aliphatic carbocycles. The van der Waals surface area contributed by atoms with Crippen LogP contribution in [0.3, 0.4) is 0 Å². The molecular formula is C16H21FN2O2. The summed E-state index contributed by atoms with van der Waals surface area (Å²) in [5, 5.41) is 3.42. The van der Waals surface area contributed by atoms with Crippen molar-refractivity contribution in [2.24, 2.45) is 0 Å². The number of carbonyl (C=O) groups is 1. The number of likely N-dealkylation sites (tertiary alicyclic amines) is 1. The van der Waals surface area contributed by atoms with E-state index < -0.39 is 12.2 Å². The second-order valence-electron chi connectivity index (χ2n) is 6.04. The van der Waals surface area contributed by atoms with Gasteiger partial charge in [0.25, 0.3) is 0 Å². The van der Waals surface area contributed by atoms with Crippen LogP contribution in [0.5, 0.6) is 0 Å². The molecule has 0 spiro atoms.